The van der Waals surface area contributed by atoms with E-state index in [9.17, 15) is 22.4 Å². The number of nitrogens with one attached hydrogen (secondary N) is 2. The number of imidazole rings is 1. The van der Waals surface area contributed by atoms with E-state index in [0.29, 0.717) is 15.9 Å². The molecule has 1 fully saturated rings. The standard InChI is InChI=1S/C13H11F4N3O2S/c14-12(15)4-6(13(12,16)17)5-23-7-1-2-8-9(3-7)19-10(18-8)20-11(21)22/h1-3,6H,4-5H2,(H,21,22)(H2,18,19,20). The Labute approximate surface area is 131 Å². The molecule has 1 aliphatic carbocycles. The minimum Gasteiger partial charge on any atom is -0.465 e. The summed E-state index contributed by atoms with van der Waals surface area (Å²) >= 11 is 1.05. The van der Waals surface area contributed by atoms with Gasteiger partial charge < -0.3 is 10.1 Å². The Morgan fingerprint density at radius 3 is 2.78 bits per heavy atom. The lowest BCUT2D eigenvalue weighted by Gasteiger charge is -2.43. The summed E-state index contributed by atoms with van der Waals surface area (Å²) in [5, 5.41) is 10.7. The van der Waals surface area contributed by atoms with E-state index in [0.717, 1.165) is 11.8 Å². The monoisotopic (exact) mass is 349 g/mol. The fourth-order valence-corrected chi connectivity index (χ4v) is 3.43. The molecule has 0 radical (unpaired) electrons. The third kappa shape index (κ3) is 2.82. The number of H-pyrrole nitrogens is 1. The fraction of sp³-hybridized carbons (Fsp3) is 0.385. The highest BCUT2D eigenvalue weighted by atomic mass is 32.2. The third-order valence-corrected chi connectivity index (χ3v) is 4.79. The molecule has 0 aliphatic heterocycles. The molecule has 1 aliphatic rings. The van der Waals surface area contributed by atoms with E-state index < -0.39 is 30.3 Å². The minimum absolute atomic E-state index is 0.0415. The number of hydrogen-bond acceptors (Lipinski definition) is 3. The van der Waals surface area contributed by atoms with Gasteiger partial charge in [-0.3, -0.25) is 5.32 Å². The van der Waals surface area contributed by atoms with E-state index >= 15 is 0 Å². The van der Waals surface area contributed by atoms with Crippen molar-refractivity contribution in [3.8, 4) is 0 Å². The van der Waals surface area contributed by atoms with Crippen molar-refractivity contribution in [2.75, 3.05) is 11.1 Å². The lowest BCUT2D eigenvalue weighted by molar-refractivity contribution is -0.307. The zero-order valence-corrected chi connectivity index (χ0v) is 12.3. The SMILES string of the molecule is O=C(O)Nc1nc2ccc(SCC3CC(F)(F)C3(F)F)cc2[nH]1. The fourth-order valence-electron chi connectivity index (χ4n) is 2.34. The third-order valence-electron chi connectivity index (χ3n) is 3.63. The van der Waals surface area contributed by atoms with Crippen LogP contribution in [0.5, 0.6) is 0 Å². The molecule has 10 heteroatoms. The first kappa shape index (κ1) is 15.9. The summed E-state index contributed by atoms with van der Waals surface area (Å²) in [4.78, 5) is 17.9. The summed E-state index contributed by atoms with van der Waals surface area (Å²) in [6, 6.07) is 4.82. The highest BCUT2D eigenvalue weighted by Gasteiger charge is 2.71. The molecule has 1 amide bonds. The van der Waals surface area contributed by atoms with Gasteiger partial charge in [-0.25, -0.2) is 9.78 Å². The molecule has 1 heterocycles. The first-order valence-corrected chi connectivity index (χ1v) is 7.56. The van der Waals surface area contributed by atoms with Crippen LogP contribution in [0.15, 0.2) is 23.1 Å². The lowest BCUT2D eigenvalue weighted by atomic mass is 9.78. The van der Waals surface area contributed by atoms with Crippen LogP contribution < -0.4 is 5.32 Å². The predicted octanol–water partition coefficient (Wildman–Crippen LogP) is 4.04. The normalized spacial score (nSPS) is 21.8. The first-order chi connectivity index (χ1) is 10.7. The molecule has 0 spiro atoms. The Morgan fingerprint density at radius 1 is 1.43 bits per heavy atom. The van der Waals surface area contributed by atoms with Crippen molar-refractivity contribution in [1.82, 2.24) is 9.97 Å². The Bertz CT molecular complexity index is 765. The lowest BCUT2D eigenvalue weighted by Crippen LogP contribution is -2.59. The van der Waals surface area contributed by atoms with Crippen LogP contribution in [0.1, 0.15) is 6.42 Å². The van der Waals surface area contributed by atoms with E-state index in [4.69, 9.17) is 5.11 Å². The second-order valence-electron chi connectivity index (χ2n) is 5.23. The van der Waals surface area contributed by atoms with Gasteiger partial charge in [0.15, 0.2) is 0 Å². The molecule has 1 atom stereocenters. The number of nitrogens with zero attached hydrogens (tertiary/aromatic N) is 1. The van der Waals surface area contributed by atoms with E-state index in [-0.39, 0.29) is 11.7 Å². The molecule has 1 unspecified atom stereocenters. The number of hydrogen-bond donors (Lipinski definition) is 3. The van der Waals surface area contributed by atoms with Crippen molar-refractivity contribution >= 4 is 34.8 Å². The van der Waals surface area contributed by atoms with Crippen LogP contribution in [-0.2, 0) is 0 Å². The number of fused-ring (bicyclic) bond motifs is 1. The van der Waals surface area contributed by atoms with Gasteiger partial charge >= 0.3 is 17.9 Å². The second kappa shape index (κ2) is 5.29. The zero-order chi connectivity index (χ0) is 16.8. The van der Waals surface area contributed by atoms with Crippen molar-refractivity contribution in [2.45, 2.75) is 23.2 Å². The first-order valence-electron chi connectivity index (χ1n) is 6.57. The molecule has 23 heavy (non-hydrogen) atoms. The predicted molar refractivity (Wildman–Crippen MR) is 76.5 cm³/mol. The maximum atomic E-state index is 13.2. The molecule has 0 bridgehead atoms. The number of anilines is 1. The number of thioether (sulfide) groups is 1. The van der Waals surface area contributed by atoms with Crippen molar-refractivity contribution in [3.05, 3.63) is 18.2 Å². The average Bonchev–Trinajstić information content (AvgIpc) is 2.83. The smallest absolute Gasteiger partial charge is 0.411 e. The number of aromatic nitrogens is 2. The van der Waals surface area contributed by atoms with Gasteiger partial charge in [0, 0.05) is 23.0 Å². The molecule has 1 aromatic carbocycles. The number of rotatable bonds is 4. The molecule has 1 saturated carbocycles. The van der Waals surface area contributed by atoms with Gasteiger partial charge in [0.1, 0.15) is 0 Å². The molecule has 0 saturated heterocycles. The molecule has 124 valence electrons. The van der Waals surface area contributed by atoms with Crippen molar-refractivity contribution in [1.29, 1.82) is 0 Å². The molecule has 5 nitrogen and oxygen atoms in total. The summed E-state index contributed by atoms with van der Waals surface area (Å²) in [7, 11) is 0. The highest BCUT2D eigenvalue weighted by Crippen LogP contribution is 2.56. The minimum atomic E-state index is -3.96. The average molecular weight is 349 g/mol. The van der Waals surface area contributed by atoms with Crippen LogP contribution in [0.3, 0.4) is 0 Å². The number of halogens is 4. The van der Waals surface area contributed by atoms with Crippen molar-refractivity contribution < 1.29 is 27.5 Å². The number of alkyl halides is 4. The van der Waals surface area contributed by atoms with Crippen molar-refractivity contribution in [2.24, 2.45) is 5.92 Å². The van der Waals surface area contributed by atoms with Gasteiger partial charge in [0.05, 0.1) is 11.0 Å². The summed E-state index contributed by atoms with van der Waals surface area (Å²) in [6.45, 7) is 0. The summed E-state index contributed by atoms with van der Waals surface area (Å²) in [6.07, 6.45) is -2.08. The van der Waals surface area contributed by atoms with E-state index in [1.165, 1.54) is 0 Å². The summed E-state index contributed by atoms with van der Waals surface area (Å²) in [5.74, 6) is -9.31. The van der Waals surface area contributed by atoms with Crippen LogP contribution in [0.25, 0.3) is 11.0 Å². The van der Waals surface area contributed by atoms with E-state index in [1.807, 2.05) is 0 Å². The number of amides is 1. The molecular formula is C13H11F4N3O2S. The van der Waals surface area contributed by atoms with Crippen LogP contribution in [0.4, 0.5) is 28.3 Å². The van der Waals surface area contributed by atoms with E-state index in [2.05, 4.69) is 15.3 Å². The summed E-state index contributed by atoms with van der Waals surface area (Å²) in [5.41, 5.74) is 1.02. The van der Waals surface area contributed by atoms with Gasteiger partial charge in [-0.1, -0.05) is 0 Å². The highest BCUT2D eigenvalue weighted by molar-refractivity contribution is 7.99. The van der Waals surface area contributed by atoms with Gasteiger partial charge in [0.25, 0.3) is 0 Å². The van der Waals surface area contributed by atoms with Gasteiger partial charge in [0.2, 0.25) is 5.95 Å². The van der Waals surface area contributed by atoms with Gasteiger partial charge in [-0.15, -0.1) is 11.8 Å². The van der Waals surface area contributed by atoms with Crippen LogP contribution >= 0.6 is 11.8 Å². The molecule has 3 N–H and O–H groups in total. The summed E-state index contributed by atoms with van der Waals surface area (Å²) < 4.78 is 52.0. The van der Waals surface area contributed by atoms with Crippen LogP contribution in [0, 0.1) is 5.92 Å². The maximum absolute atomic E-state index is 13.2. The Hall–Kier alpha value is -1.97. The molecule has 3 rings (SSSR count). The van der Waals surface area contributed by atoms with Crippen molar-refractivity contribution in [3.63, 3.8) is 0 Å². The number of benzene rings is 1. The number of carbonyl (C=O) groups is 1. The molecular weight excluding hydrogens is 338 g/mol. The number of carboxylic acid groups (broad SMARTS) is 1. The van der Waals surface area contributed by atoms with Gasteiger partial charge in [-0.2, -0.15) is 17.6 Å². The largest absolute Gasteiger partial charge is 0.465 e. The topological polar surface area (TPSA) is 78.0 Å². The van der Waals surface area contributed by atoms with Crippen LogP contribution in [-0.4, -0.2) is 38.8 Å². The Morgan fingerprint density at radius 2 is 2.17 bits per heavy atom. The number of aromatic amines is 1. The Kier molecular flexibility index (Phi) is 3.66. The maximum Gasteiger partial charge on any atom is 0.411 e. The zero-order valence-electron chi connectivity index (χ0n) is 11.4. The van der Waals surface area contributed by atoms with E-state index in [1.54, 1.807) is 18.2 Å². The quantitative estimate of drug-likeness (QED) is 0.575. The Balaban J connectivity index is 1.68. The molecule has 2 aromatic rings. The van der Waals surface area contributed by atoms with Gasteiger partial charge in [-0.05, 0) is 18.2 Å². The van der Waals surface area contributed by atoms with Crippen LogP contribution in [0.2, 0.25) is 0 Å². The molecule has 1 aromatic heterocycles. The second-order valence-corrected chi connectivity index (χ2v) is 6.33.